The lowest BCUT2D eigenvalue weighted by Crippen LogP contribution is -2.35. The van der Waals surface area contributed by atoms with Gasteiger partial charge in [-0.15, -0.1) is 12.4 Å². The maximum absolute atomic E-state index is 12.8. The van der Waals surface area contributed by atoms with E-state index in [2.05, 4.69) is 16.0 Å². The molecule has 158 valence electrons. The van der Waals surface area contributed by atoms with Gasteiger partial charge in [0.1, 0.15) is 0 Å². The van der Waals surface area contributed by atoms with E-state index in [1.807, 2.05) is 0 Å². The van der Waals surface area contributed by atoms with Crippen LogP contribution in [0, 0.1) is 11.3 Å². The van der Waals surface area contributed by atoms with E-state index in [4.69, 9.17) is 9.47 Å². The topological polar surface area (TPSA) is 109 Å². The molecule has 28 heavy (non-hydrogen) atoms. The number of benzene rings is 1. The number of nitrogens with one attached hydrogen (secondary N) is 3. The van der Waals surface area contributed by atoms with Gasteiger partial charge in [0.2, 0.25) is 5.91 Å². The first kappa shape index (κ1) is 24.0. The Balaban J connectivity index is 0.00000392. The van der Waals surface area contributed by atoms with Gasteiger partial charge in [0.05, 0.1) is 31.6 Å². The molecule has 2 atom stereocenters. The summed E-state index contributed by atoms with van der Waals surface area (Å²) in [5.74, 6) is 0.160. The standard InChI is InChI=1S/C19H29N3O5.ClH/c1-19(2,3)18(25)22-13-7-16(27-5)15(26-4)6-12(13)17(24)21-9-11-8-20-10-14(11)23;/h6-7,11,14,20,23H,8-10H2,1-5H3,(H,21,24)(H,22,25);1H. The zero-order chi connectivity index (χ0) is 20.2. The predicted octanol–water partition coefficient (Wildman–Crippen LogP) is 1.42. The Morgan fingerprint density at radius 3 is 2.29 bits per heavy atom. The zero-order valence-corrected chi connectivity index (χ0v) is 17.7. The number of aliphatic hydroxyl groups excluding tert-OH is 1. The quantitative estimate of drug-likeness (QED) is 0.559. The molecule has 8 nitrogen and oxygen atoms in total. The van der Waals surface area contributed by atoms with Gasteiger partial charge in [0.15, 0.2) is 11.5 Å². The van der Waals surface area contributed by atoms with Crippen molar-refractivity contribution in [3.8, 4) is 11.5 Å². The first-order chi connectivity index (χ1) is 12.7. The lowest BCUT2D eigenvalue weighted by molar-refractivity contribution is -0.123. The van der Waals surface area contributed by atoms with E-state index in [0.29, 0.717) is 36.8 Å². The summed E-state index contributed by atoms with van der Waals surface area (Å²) >= 11 is 0. The van der Waals surface area contributed by atoms with Crippen molar-refractivity contribution in [3.63, 3.8) is 0 Å². The van der Waals surface area contributed by atoms with Crippen LogP contribution in [-0.4, -0.2) is 56.9 Å². The number of carbonyl (C=O) groups is 2. The second-order valence-electron chi connectivity index (χ2n) is 7.65. The highest BCUT2D eigenvalue weighted by atomic mass is 35.5. The van der Waals surface area contributed by atoms with Gasteiger partial charge in [0, 0.05) is 37.0 Å². The highest BCUT2D eigenvalue weighted by Gasteiger charge is 2.27. The Hall–Kier alpha value is -2.03. The fourth-order valence-electron chi connectivity index (χ4n) is 2.73. The number of rotatable bonds is 6. The van der Waals surface area contributed by atoms with E-state index in [1.54, 1.807) is 26.8 Å². The van der Waals surface area contributed by atoms with Crippen molar-refractivity contribution in [1.82, 2.24) is 10.6 Å². The van der Waals surface area contributed by atoms with Crippen LogP contribution in [0.3, 0.4) is 0 Å². The van der Waals surface area contributed by atoms with E-state index < -0.39 is 11.5 Å². The fourth-order valence-corrected chi connectivity index (χ4v) is 2.73. The van der Waals surface area contributed by atoms with Gasteiger partial charge in [-0.25, -0.2) is 0 Å². The molecule has 1 aliphatic heterocycles. The number of β-amino-alcohol motifs (C(OH)–C–C–N with tert-alkyl or cyclic N) is 1. The number of hydrogen-bond donors (Lipinski definition) is 4. The minimum absolute atomic E-state index is 0. The molecule has 1 heterocycles. The van der Waals surface area contributed by atoms with Crippen LogP contribution in [0.2, 0.25) is 0 Å². The molecule has 0 saturated carbocycles. The summed E-state index contributed by atoms with van der Waals surface area (Å²) in [6.45, 7) is 6.85. The molecule has 1 saturated heterocycles. The van der Waals surface area contributed by atoms with Crippen molar-refractivity contribution in [2.45, 2.75) is 26.9 Å². The van der Waals surface area contributed by atoms with Crippen LogP contribution in [0.25, 0.3) is 0 Å². The van der Waals surface area contributed by atoms with Gasteiger partial charge in [-0.3, -0.25) is 9.59 Å². The summed E-state index contributed by atoms with van der Waals surface area (Å²) in [6, 6.07) is 3.11. The number of aliphatic hydroxyl groups is 1. The van der Waals surface area contributed by atoms with Crippen molar-refractivity contribution in [3.05, 3.63) is 17.7 Å². The normalized spacial score (nSPS) is 18.8. The van der Waals surface area contributed by atoms with Crippen LogP contribution in [0.5, 0.6) is 11.5 Å². The molecule has 2 rings (SSSR count). The largest absolute Gasteiger partial charge is 0.493 e. The maximum atomic E-state index is 12.8. The SMILES string of the molecule is COc1cc(NC(=O)C(C)(C)C)c(C(=O)NCC2CNCC2O)cc1OC.Cl. The Bertz CT molecular complexity index is 706. The van der Waals surface area contributed by atoms with Crippen molar-refractivity contribution in [2.24, 2.45) is 11.3 Å². The second kappa shape index (κ2) is 9.95. The molecule has 1 aliphatic rings. The average molecular weight is 416 g/mol. The van der Waals surface area contributed by atoms with Crippen LogP contribution < -0.4 is 25.4 Å². The molecule has 0 aliphatic carbocycles. The zero-order valence-electron chi connectivity index (χ0n) is 16.9. The van der Waals surface area contributed by atoms with E-state index in [1.165, 1.54) is 20.3 Å². The molecule has 0 bridgehead atoms. The van der Waals surface area contributed by atoms with Crippen molar-refractivity contribution in [2.75, 3.05) is 39.2 Å². The summed E-state index contributed by atoms with van der Waals surface area (Å²) in [7, 11) is 2.97. The number of halogens is 1. The highest BCUT2D eigenvalue weighted by Crippen LogP contribution is 2.34. The highest BCUT2D eigenvalue weighted by molar-refractivity contribution is 6.05. The van der Waals surface area contributed by atoms with Crippen LogP contribution in [0.15, 0.2) is 12.1 Å². The molecular formula is C19H30ClN3O5. The smallest absolute Gasteiger partial charge is 0.253 e. The maximum Gasteiger partial charge on any atom is 0.253 e. The fraction of sp³-hybridized carbons (Fsp3) is 0.579. The Labute approximate surface area is 171 Å². The summed E-state index contributed by atoms with van der Waals surface area (Å²) < 4.78 is 10.6. The van der Waals surface area contributed by atoms with Gasteiger partial charge in [0.25, 0.3) is 5.91 Å². The first-order valence-electron chi connectivity index (χ1n) is 8.91. The van der Waals surface area contributed by atoms with Crippen molar-refractivity contribution >= 4 is 29.9 Å². The molecule has 9 heteroatoms. The van der Waals surface area contributed by atoms with E-state index in [0.717, 1.165) is 0 Å². The minimum atomic E-state index is -0.624. The van der Waals surface area contributed by atoms with E-state index in [-0.39, 0.29) is 35.7 Å². The van der Waals surface area contributed by atoms with Crippen LogP contribution in [0.4, 0.5) is 5.69 Å². The number of ether oxygens (including phenoxy) is 2. The lowest BCUT2D eigenvalue weighted by Gasteiger charge is -2.21. The van der Waals surface area contributed by atoms with Gasteiger partial charge in [-0.05, 0) is 6.07 Å². The molecule has 0 radical (unpaired) electrons. The molecule has 2 amide bonds. The molecule has 1 aromatic carbocycles. The third-order valence-corrected chi connectivity index (χ3v) is 4.53. The van der Waals surface area contributed by atoms with Gasteiger partial charge in [-0.1, -0.05) is 20.8 Å². The van der Waals surface area contributed by atoms with Gasteiger partial charge >= 0.3 is 0 Å². The Morgan fingerprint density at radius 2 is 1.79 bits per heavy atom. The number of amides is 2. The molecule has 1 fully saturated rings. The minimum Gasteiger partial charge on any atom is -0.493 e. The lowest BCUT2D eigenvalue weighted by atomic mass is 9.95. The number of anilines is 1. The van der Waals surface area contributed by atoms with Crippen molar-refractivity contribution < 1.29 is 24.2 Å². The summed E-state index contributed by atoms with van der Waals surface area (Å²) in [4.78, 5) is 25.2. The Morgan fingerprint density at radius 1 is 1.18 bits per heavy atom. The van der Waals surface area contributed by atoms with E-state index in [9.17, 15) is 14.7 Å². The molecule has 1 aromatic rings. The molecular weight excluding hydrogens is 386 g/mol. The van der Waals surface area contributed by atoms with Crippen LogP contribution >= 0.6 is 12.4 Å². The summed E-state index contributed by atoms with van der Waals surface area (Å²) in [5.41, 5.74) is -0.0126. The summed E-state index contributed by atoms with van der Waals surface area (Å²) in [5, 5.41) is 18.6. The molecule has 4 N–H and O–H groups in total. The predicted molar refractivity (Wildman–Crippen MR) is 110 cm³/mol. The average Bonchev–Trinajstić information content (AvgIpc) is 3.03. The monoisotopic (exact) mass is 415 g/mol. The van der Waals surface area contributed by atoms with Gasteiger partial charge in [-0.2, -0.15) is 0 Å². The summed E-state index contributed by atoms with van der Waals surface area (Å²) in [6.07, 6.45) is -0.490. The molecule has 0 spiro atoms. The second-order valence-corrected chi connectivity index (χ2v) is 7.65. The van der Waals surface area contributed by atoms with Gasteiger partial charge < -0.3 is 30.5 Å². The third-order valence-electron chi connectivity index (χ3n) is 4.53. The number of carbonyl (C=O) groups excluding carboxylic acids is 2. The molecule has 0 aromatic heterocycles. The number of methoxy groups -OCH3 is 2. The third kappa shape index (κ3) is 5.73. The Kier molecular flexibility index (Phi) is 8.53. The number of hydrogen-bond acceptors (Lipinski definition) is 6. The van der Waals surface area contributed by atoms with Crippen LogP contribution in [0.1, 0.15) is 31.1 Å². The first-order valence-corrected chi connectivity index (χ1v) is 8.91. The van der Waals surface area contributed by atoms with E-state index >= 15 is 0 Å². The van der Waals surface area contributed by atoms with Crippen molar-refractivity contribution in [1.29, 1.82) is 0 Å². The van der Waals surface area contributed by atoms with Crippen LogP contribution in [-0.2, 0) is 4.79 Å². The molecule has 2 unspecified atom stereocenters.